The lowest BCUT2D eigenvalue weighted by Crippen LogP contribution is -2.18. The van der Waals surface area contributed by atoms with E-state index in [-0.39, 0.29) is 17.7 Å². The number of hydrogen-bond acceptors (Lipinski definition) is 4. The number of aryl methyl sites for hydroxylation is 2. The van der Waals surface area contributed by atoms with E-state index in [4.69, 9.17) is 4.42 Å². The molecule has 0 bridgehead atoms. The third kappa shape index (κ3) is 2.45. The molecule has 1 aliphatic carbocycles. The second-order valence-corrected chi connectivity index (χ2v) is 5.87. The van der Waals surface area contributed by atoms with E-state index in [1.54, 1.807) is 24.0 Å². The molecule has 0 fully saturated rings. The molecule has 2 heterocycles. The van der Waals surface area contributed by atoms with Crippen LogP contribution in [0.2, 0.25) is 0 Å². The first kappa shape index (κ1) is 14.6. The molecule has 0 atom stereocenters. The number of fused-ring (bicyclic) bond motifs is 1. The largest absolute Gasteiger partial charge is 0.465 e. The number of Topliss-reactive ketones (excluding diaryl/α,β-unsaturated/α-hetero) is 1. The van der Waals surface area contributed by atoms with Crippen LogP contribution in [0, 0.1) is 6.92 Å². The van der Waals surface area contributed by atoms with E-state index in [2.05, 4.69) is 10.4 Å². The SMILES string of the molecule is Cc1oc2c(c1C(=O)Nc1cnn(C(C)C)c1)C(=O)CCC2. The zero-order chi connectivity index (χ0) is 15.9. The summed E-state index contributed by atoms with van der Waals surface area (Å²) >= 11 is 0. The summed E-state index contributed by atoms with van der Waals surface area (Å²) in [6.45, 7) is 5.74. The van der Waals surface area contributed by atoms with Crippen LogP contribution in [0.4, 0.5) is 5.69 Å². The molecule has 2 aromatic rings. The number of ketones is 1. The quantitative estimate of drug-likeness (QED) is 0.944. The molecule has 0 aliphatic heterocycles. The van der Waals surface area contributed by atoms with Crippen molar-refractivity contribution in [3.05, 3.63) is 35.0 Å². The van der Waals surface area contributed by atoms with Crippen molar-refractivity contribution in [2.45, 2.75) is 46.1 Å². The Labute approximate surface area is 128 Å². The van der Waals surface area contributed by atoms with Gasteiger partial charge >= 0.3 is 0 Å². The van der Waals surface area contributed by atoms with Crippen LogP contribution in [-0.2, 0) is 6.42 Å². The lowest BCUT2D eigenvalue weighted by molar-refractivity contribution is 0.0955. The second-order valence-electron chi connectivity index (χ2n) is 5.87. The fraction of sp³-hybridized carbons (Fsp3) is 0.438. The zero-order valence-corrected chi connectivity index (χ0v) is 13.0. The molecule has 0 saturated heterocycles. The molecule has 2 aromatic heterocycles. The van der Waals surface area contributed by atoms with Crippen LogP contribution in [0.5, 0.6) is 0 Å². The van der Waals surface area contributed by atoms with Gasteiger partial charge in [-0.3, -0.25) is 14.3 Å². The van der Waals surface area contributed by atoms with Crippen LogP contribution in [0.3, 0.4) is 0 Å². The number of carbonyl (C=O) groups is 2. The van der Waals surface area contributed by atoms with E-state index in [9.17, 15) is 9.59 Å². The maximum atomic E-state index is 12.5. The van der Waals surface area contributed by atoms with Gasteiger partial charge in [0.05, 0.1) is 23.0 Å². The molecule has 1 N–H and O–H groups in total. The maximum Gasteiger partial charge on any atom is 0.260 e. The molecule has 0 spiro atoms. The summed E-state index contributed by atoms with van der Waals surface area (Å²) in [7, 11) is 0. The summed E-state index contributed by atoms with van der Waals surface area (Å²) in [5, 5.41) is 6.98. The average Bonchev–Trinajstić information content (AvgIpc) is 3.03. The number of nitrogens with zero attached hydrogens (tertiary/aromatic N) is 2. The van der Waals surface area contributed by atoms with Crippen molar-refractivity contribution in [3.8, 4) is 0 Å². The summed E-state index contributed by atoms with van der Waals surface area (Å²) in [6.07, 6.45) is 5.33. The van der Waals surface area contributed by atoms with Gasteiger partial charge < -0.3 is 9.73 Å². The Morgan fingerprint density at radius 2 is 2.18 bits per heavy atom. The molecule has 0 aromatic carbocycles. The van der Waals surface area contributed by atoms with Crippen molar-refractivity contribution in [2.24, 2.45) is 0 Å². The molecule has 0 unspecified atom stereocenters. The maximum absolute atomic E-state index is 12.5. The second kappa shape index (κ2) is 5.44. The van der Waals surface area contributed by atoms with Gasteiger partial charge in [-0.15, -0.1) is 0 Å². The van der Waals surface area contributed by atoms with Gasteiger partial charge in [-0.1, -0.05) is 0 Å². The van der Waals surface area contributed by atoms with Gasteiger partial charge in [0.2, 0.25) is 0 Å². The van der Waals surface area contributed by atoms with E-state index in [1.165, 1.54) is 0 Å². The Bertz CT molecular complexity index is 740. The Hall–Kier alpha value is -2.37. The van der Waals surface area contributed by atoms with Crippen molar-refractivity contribution in [1.29, 1.82) is 0 Å². The van der Waals surface area contributed by atoms with Crippen LogP contribution in [0.25, 0.3) is 0 Å². The van der Waals surface area contributed by atoms with Crippen molar-refractivity contribution < 1.29 is 14.0 Å². The Kier molecular flexibility index (Phi) is 3.60. The smallest absolute Gasteiger partial charge is 0.260 e. The topological polar surface area (TPSA) is 77.1 Å². The van der Waals surface area contributed by atoms with Crippen LogP contribution in [-0.4, -0.2) is 21.5 Å². The average molecular weight is 301 g/mol. The lowest BCUT2D eigenvalue weighted by atomic mass is 9.93. The Balaban J connectivity index is 1.89. The van der Waals surface area contributed by atoms with Gasteiger partial charge in [0.15, 0.2) is 5.78 Å². The first-order valence-electron chi connectivity index (χ1n) is 7.48. The van der Waals surface area contributed by atoms with Gasteiger partial charge in [0.25, 0.3) is 5.91 Å². The third-order valence-corrected chi connectivity index (χ3v) is 3.86. The monoisotopic (exact) mass is 301 g/mol. The van der Waals surface area contributed by atoms with Crippen LogP contribution in [0.15, 0.2) is 16.8 Å². The molecule has 3 rings (SSSR count). The minimum absolute atomic E-state index is 0.0128. The van der Waals surface area contributed by atoms with Crippen molar-refractivity contribution >= 4 is 17.4 Å². The number of amides is 1. The molecule has 1 amide bonds. The number of aromatic nitrogens is 2. The fourth-order valence-corrected chi connectivity index (χ4v) is 2.76. The number of furan rings is 1. The molecular weight excluding hydrogens is 282 g/mol. The summed E-state index contributed by atoms with van der Waals surface area (Å²) < 4.78 is 7.37. The standard InChI is InChI=1S/C16H19N3O3/c1-9(2)19-8-11(7-17-19)18-16(21)14-10(3)22-13-6-4-5-12(20)15(13)14/h7-9H,4-6H2,1-3H3,(H,18,21). The molecule has 0 radical (unpaired) electrons. The molecule has 1 aliphatic rings. The first-order chi connectivity index (χ1) is 10.5. The number of nitrogens with one attached hydrogen (secondary N) is 1. The Morgan fingerprint density at radius 3 is 2.86 bits per heavy atom. The predicted molar refractivity (Wildman–Crippen MR) is 81.3 cm³/mol. The zero-order valence-electron chi connectivity index (χ0n) is 13.0. The van der Waals surface area contributed by atoms with E-state index in [1.807, 2.05) is 13.8 Å². The fourth-order valence-electron chi connectivity index (χ4n) is 2.76. The predicted octanol–water partition coefficient (Wildman–Crippen LogP) is 3.14. The number of hydrogen-bond donors (Lipinski definition) is 1. The Morgan fingerprint density at radius 1 is 1.41 bits per heavy atom. The van der Waals surface area contributed by atoms with Crippen LogP contribution < -0.4 is 5.32 Å². The summed E-state index contributed by atoms with van der Waals surface area (Å²) in [6, 6.07) is 0.218. The molecule has 6 nitrogen and oxygen atoms in total. The lowest BCUT2D eigenvalue weighted by Gasteiger charge is -2.10. The van der Waals surface area contributed by atoms with Crippen LogP contribution >= 0.6 is 0 Å². The highest BCUT2D eigenvalue weighted by atomic mass is 16.3. The molecular formula is C16H19N3O3. The highest BCUT2D eigenvalue weighted by Crippen LogP contribution is 2.30. The highest BCUT2D eigenvalue weighted by molar-refractivity contribution is 6.14. The minimum Gasteiger partial charge on any atom is -0.465 e. The molecule has 22 heavy (non-hydrogen) atoms. The van der Waals surface area contributed by atoms with Crippen molar-refractivity contribution in [2.75, 3.05) is 5.32 Å². The number of carbonyl (C=O) groups excluding carboxylic acids is 2. The highest BCUT2D eigenvalue weighted by Gasteiger charge is 2.30. The van der Waals surface area contributed by atoms with E-state index in [0.717, 1.165) is 6.42 Å². The van der Waals surface area contributed by atoms with Crippen molar-refractivity contribution in [1.82, 2.24) is 9.78 Å². The molecule has 6 heteroatoms. The van der Waals surface area contributed by atoms with E-state index >= 15 is 0 Å². The van der Waals surface area contributed by atoms with Gasteiger partial charge in [-0.2, -0.15) is 5.10 Å². The van der Waals surface area contributed by atoms with Gasteiger partial charge in [-0.25, -0.2) is 0 Å². The molecule has 116 valence electrons. The number of rotatable bonds is 3. The van der Waals surface area contributed by atoms with Crippen LogP contribution in [0.1, 0.15) is 65.0 Å². The van der Waals surface area contributed by atoms with Gasteiger partial charge in [0, 0.05) is 25.1 Å². The van der Waals surface area contributed by atoms with Gasteiger partial charge in [-0.05, 0) is 27.2 Å². The summed E-state index contributed by atoms with van der Waals surface area (Å²) in [5.41, 5.74) is 1.42. The normalized spacial score (nSPS) is 14.3. The van der Waals surface area contributed by atoms with E-state index in [0.29, 0.717) is 41.2 Å². The number of anilines is 1. The summed E-state index contributed by atoms with van der Waals surface area (Å²) in [4.78, 5) is 24.6. The van der Waals surface area contributed by atoms with Gasteiger partial charge in [0.1, 0.15) is 11.5 Å². The van der Waals surface area contributed by atoms with E-state index < -0.39 is 0 Å². The first-order valence-corrected chi connectivity index (χ1v) is 7.48. The molecule has 0 saturated carbocycles. The minimum atomic E-state index is -0.318. The third-order valence-electron chi connectivity index (χ3n) is 3.86. The van der Waals surface area contributed by atoms with Crippen molar-refractivity contribution in [3.63, 3.8) is 0 Å². The summed E-state index contributed by atoms with van der Waals surface area (Å²) in [5.74, 6) is 0.799.